The Balaban J connectivity index is 2.19. The molecule has 2 heterocycles. The van der Waals surface area contributed by atoms with Gasteiger partial charge in [-0.25, -0.2) is 4.79 Å². The number of aliphatic hydroxyl groups excluding tert-OH is 1. The van der Waals surface area contributed by atoms with Gasteiger partial charge in [-0.2, -0.15) is 0 Å². The third kappa shape index (κ3) is 4.99. The summed E-state index contributed by atoms with van der Waals surface area (Å²) in [5.41, 5.74) is 3.47. The lowest BCUT2D eigenvalue weighted by Gasteiger charge is -2.53. The number of ether oxygens (including phenoxy) is 2. The van der Waals surface area contributed by atoms with Crippen molar-refractivity contribution in [1.82, 2.24) is 0 Å². The van der Waals surface area contributed by atoms with E-state index in [1.807, 2.05) is 6.08 Å². The number of carbonyl (C=O) groups is 1. The van der Waals surface area contributed by atoms with Crippen molar-refractivity contribution in [1.29, 1.82) is 0 Å². The second-order valence-corrected chi connectivity index (χ2v) is 25.8. The topological polar surface area (TPSA) is 74.2 Å². The average Bonchev–Trinajstić information content (AvgIpc) is 3.17. The number of fused-ring (bicyclic) bond motifs is 1. The smallest absolute Gasteiger partial charge is 0.336 e. The molecule has 39 heavy (non-hydrogen) atoms. The standard InChI is InChI=1S/C30H53BrO6Si2/c1-16(2)38(17(3)4,18(5)6)36-23-14-24(32)30(31)25(37-39(19(7)8,20(9)10)21(11)12)15-22-27(29(33)34-13)26(23)28(30)35-22/h15-24,28,32H,14H2,1-13H3/t22-,23+,24+,28-,30+/m1/s1. The van der Waals surface area contributed by atoms with Crippen LogP contribution in [0, 0.1) is 0 Å². The molecule has 0 aromatic rings. The highest BCUT2D eigenvalue weighted by Gasteiger charge is 2.65. The fourth-order valence-corrected chi connectivity index (χ4v) is 20.1. The van der Waals surface area contributed by atoms with Crippen molar-refractivity contribution in [3.63, 3.8) is 0 Å². The van der Waals surface area contributed by atoms with Gasteiger partial charge in [0.2, 0.25) is 8.32 Å². The summed E-state index contributed by atoms with van der Waals surface area (Å²) >= 11 is 3.99. The van der Waals surface area contributed by atoms with E-state index in [1.54, 1.807) is 0 Å². The minimum Gasteiger partial charge on any atom is -0.545 e. The Kier molecular flexibility index (Phi) is 9.89. The van der Waals surface area contributed by atoms with E-state index in [0.29, 0.717) is 51.0 Å². The zero-order valence-electron chi connectivity index (χ0n) is 26.4. The molecule has 1 saturated carbocycles. The van der Waals surface area contributed by atoms with Crippen molar-refractivity contribution in [3.8, 4) is 0 Å². The quantitative estimate of drug-likeness (QED) is 0.141. The molecule has 0 saturated heterocycles. The predicted molar refractivity (Wildman–Crippen MR) is 166 cm³/mol. The summed E-state index contributed by atoms with van der Waals surface area (Å²) in [7, 11) is -3.28. The largest absolute Gasteiger partial charge is 0.545 e. The van der Waals surface area contributed by atoms with Crippen LogP contribution in [0.5, 0.6) is 0 Å². The third-order valence-corrected chi connectivity index (χ3v) is 23.4. The summed E-state index contributed by atoms with van der Waals surface area (Å²) in [4.78, 5) is 13.3. The molecule has 0 amide bonds. The van der Waals surface area contributed by atoms with Crippen LogP contribution in [0.3, 0.4) is 0 Å². The molecular formula is C30H53BrO6Si2. The van der Waals surface area contributed by atoms with Crippen LogP contribution < -0.4 is 0 Å². The van der Waals surface area contributed by atoms with Crippen molar-refractivity contribution in [2.75, 3.05) is 7.11 Å². The Hall–Kier alpha value is -0.456. The molecule has 2 aliphatic heterocycles. The lowest BCUT2D eigenvalue weighted by molar-refractivity contribution is -0.137. The van der Waals surface area contributed by atoms with E-state index in [9.17, 15) is 9.90 Å². The van der Waals surface area contributed by atoms with Gasteiger partial charge in [0.25, 0.3) is 8.32 Å². The van der Waals surface area contributed by atoms with Crippen LogP contribution in [-0.4, -0.2) is 63.6 Å². The molecule has 0 unspecified atom stereocenters. The molecule has 9 heteroatoms. The van der Waals surface area contributed by atoms with Gasteiger partial charge in [0, 0.05) is 12.0 Å². The van der Waals surface area contributed by atoms with Crippen LogP contribution in [0.15, 0.2) is 23.0 Å². The van der Waals surface area contributed by atoms with E-state index in [1.165, 1.54) is 7.11 Å². The number of rotatable bonds is 11. The van der Waals surface area contributed by atoms with Gasteiger partial charge in [-0.1, -0.05) is 99.0 Å². The maximum Gasteiger partial charge on any atom is 0.336 e. The highest BCUT2D eigenvalue weighted by atomic mass is 79.9. The van der Waals surface area contributed by atoms with E-state index in [4.69, 9.17) is 18.3 Å². The molecular weight excluding hydrogens is 592 g/mol. The van der Waals surface area contributed by atoms with Crippen LogP contribution in [0.4, 0.5) is 0 Å². The summed E-state index contributed by atoms with van der Waals surface area (Å²) in [6.45, 7) is 27.0. The van der Waals surface area contributed by atoms with Gasteiger partial charge in [-0.05, 0) is 39.3 Å². The Morgan fingerprint density at radius 3 is 1.79 bits per heavy atom. The van der Waals surface area contributed by atoms with Crippen molar-refractivity contribution in [2.24, 2.45) is 0 Å². The summed E-state index contributed by atoms with van der Waals surface area (Å²) in [6.07, 6.45) is -0.152. The van der Waals surface area contributed by atoms with Crippen LogP contribution in [0.1, 0.15) is 89.5 Å². The molecule has 224 valence electrons. The van der Waals surface area contributed by atoms with E-state index < -0.39 is 51.3 Å². The molecule has 0 spiro atoms. The SMILES string of the molecule is COC(=O)C1=C2[C@@H](O[Si](C(C)C)(C(C)C)C(C)C)C[C@H](O)[C@]3(Br)C(O[Si](C(C)C)(C(C)C)C(C)C)=C[C@H]1O[C@H]23. The van der Waals surface area contributed by atoms with Crippen LogP contribution in [0.25, 0.3) is 0 Å². The fraction of sp³-hybridized carbons (Fsp3) is 0.833. The van der Waals surface area contributed by atoms with Gasteiger partial charge in [-0.3, -0.25) is 0 Å². The summed E-state index contributed by atoms with van der Waals surface area (Å²) in [6, 6.07) is 0. The minimum absolute atomic E-state index is 0.356. The van der Waals surface area contributed by atoms with Gasteiger partial charge in [0.05, 0.1) is 24.9 Å². The highest BCUT2D eigenvalue weighted by molar-refractivity contribution is 9.10. The van der Waals surface area contributed by atoms with Crippen LogP contribution >= 0.6 is 15.9 Å². The van der Waals surface area contributed by atoms with Crippen molar-refractivity contribution in [2.45, 2.75) is 151 Å². The van der Waals surface area contributed by atoms with Crippen LogP contribution in [0.2, 0.25) is 33.2 Å². The maximum absolute atomic E-state index is 13.3. The maximum atomic E-state index is 13.3. The Morgan fingerprint density at radius 1 is 0.923 bits per heavy atom. The second-order valence-electron chi connectivity index (χ2n) is 13.7. The molecule has 0 aromatic heterocycles. The Labute approximate surface area is 247 Å². The zero-order chi connectivity index (χ0) is 29.8. The number of halogens is 1. The number of hydrogen-bond acceptors (Lipinski definition) is 6. The molecule has 1 fully saturated rings. The lowest BCUT2D eigenvalue weighted by atomic mass is 9.77. The van der Waals surface area contributed by atoms with Crippen LogP contribution in [-0.2, 0) is 23.1 Å². The van der Waals surface area contributed by atoms with Gasteiger partial charge in [-0.15, -0.1) is 0 Å². The number of methoxy groups -OCH3 is 1. The van der Waals surface area contributed by atoms with E-state index in [2.05, 4.69) is 99.0 Å². The summed E-state index contributed by atoms with van der Waals surface area (Å²) < 4.78 is 25.3. The average molecular weight is 646 g/mol. The predicted octanol–water partition coefficient (Wildman–Crippen LogP) is 7.77. The Bertz CT molecular complexity index is 944. The molecule has 6 nitrogen and oxygen atoms in total. The fourth-order valence-electron chi connectivity index (χ4n) is 8.38. The monoisotopic (exact) mass is 644 g/mol. The highest BCUT2D eigenvalue weighted by Crippen LogP contribution is 2.58. The normalized spacial score (nSPS) is 29.4. The number of esters is 1. The molecule has 0 radical (unpaired) electrons. The van der Waals surface area contributed by atoms with E-state index >= 15 is 0 Å². The minimum atomic E-state index is -2.36. The first-order valence-electron chi connectivity index (χ1n) is 14.9. The molecule has 0 aromatic carbocycles. The Morgan fingerprint density at radius 2 is 1.38 bits per heavy atom. The molecule has 5 atom stereocenters. The third-order valence-electron chi connectivity index (χ3n) is 9.94. The first kappa shape index (κ1) is 33.1. The molecule has 1 aliphatic carbocycles. The summed E-state index contributed by atoms with van der Waals surface area (Å²) in [5.74, 6) is 0.301. The van der Waals surface area contributed by atoms with Gasteiger partial charge < -0.3 is 23.4 Å². The summed E-state index contributed by atoms with van der Waals surface area (Å²) in [5, 5.41) is 11.9. The van der Waals surface area contributed by atoms with Crippen molar-refractivity contribution in [3.05, 3.63) is 23.0 Å². The first-order chi connectivity index (χ1) is 17.9. The molecule has 2 bridgehead atoms. The number of aliphatic hydroxyl groups is 1. The van der Waals surface area contributed by atoms with Gasteiger partial charge in [0.1, 0.15) is 22.3 Å². The molecule has 1 N–H and O–H groups in total. The van der Waals surface area contributed by atoms with E-state index in [0.717, 1.165) is 5.57 Å². The second kappa shape index (κ2) is 11.7. The van der Waals surface area contributed by atoms with Gasteiger partial charge in [0.15, 0.2) is 0 Å². The molecule has 3 rings (SSSR count). The number of carbonyl (C=O) groups excluding carboxylic acids is 1. The number of alkyl halides is 1. The molecule has 3 aliphatic rings. The van der Waals surface area contributed by atoms with Crippen molar-refractivity contribution >= 4 is 38.5 Å². The zero-order valence-corrected chi connectivity index (χ0v) is 30.0. The first-order valence-corrected chi connectivity index (χ1v) is 19.9. The van der Waals surface area contributed by atoms with Gasteiger partial charge >= 0.3 is 5.97 Å². The number of hydrogen-bond donors (Lipinski definition) is 1. The van der Waals surface area contributed by atoms with E-state index in [-0.39, 0.29) is 0 Å². The van der Waals surface area contributed by atoms with Crippen molar-refractivity contribution < 1.29 is 28.2 Å². The lowest BCUT2D eigenvalue weighted by Crippen LogP contribution is -2.62.